The first-order chi connectivity index (χ1) is 12.6. The third-order valence-electron chi connectivity index (χ3n) is 6.10. The summed E-state index contributed by atoms with van der Waals surface area (Å²) in [6.07, 6.45) is 7.88. The van der Waals surface area contributed by atoms with Gasteiger partial charge in [-0.3, -0.25) is 9.59 Å². The highest BCUT2D eigenvalue weighted by molar-refractivity contribution is 5.81. The largest absolute Gasteiger partial charge is 0.381 e. The van der Waals surface area contributed by atoms with Crippen LogP contribution in [0.2, 0.25) is 0 Å². The number of ether oxygens (including phenoxy) is 1. The molecule has 2 N–H and O–H groups in total. The van der Waals surface area contributed by atoms with Gasteiger partial charge in [-0.05, 0) is 44.9 Å². The summed E-state index contributed by atoms with van der Waals surface area (Å²) in [5, 5.41) is 6.18. The van der Waals surface area contributed by atoms with Crippen molar-refractivity contribution < 1.29 is 14.3 Å². The number of carbonyl (C=O) groups is 2. The highest BCUT2D eigenvalue weighted by atomic mass is 16.5. The van der Waals surface area contributed by atoms with Crippen LogP contribution in [-0.4, -0.2) is 61.6 Å². The number of amides is 2. The van der Waals surface area contributed by atoms with E-state index >= 15 is 0 Å². The minimum absolute atomic E-state index is 0.0619. The molecule has 2 heterocycles. The van der Waals surface area contributed by atoms with Crippen LogP contribution in [0.25, 0.3) is 0 Å². The van der Waals surface area contributed by atoms with E-state index in [0.717, 1.165) is 71.4 Å². The normalized spacial score (nSPS) is 26.7. The predicted octanol–water partition coefficient (Wildman–Crippen LogP) is 1.69. The zero-order chi connectivity index (χ0) is 18.4. The van der Waals surface area contributed by atoms with Gasteiger partial charge in [-0.1, -0.05) is 12.8 Å². The van der Waals surface area contributed by atoms with E-state index in [1.165, 1.54) is 6.42 Å². The number of nitrogens with zero attached hydrogens (tertiary/aromatic N) is 1. The van der Waals surface area contributed by atoms with E-state index in [1.54, 1.807) is 0 Å². The van der Waals surface area contributed by atoms with Gasteiger partial charge < -0.3 is 20.3 Å². The molecule has 3 aliphatic rings. The lowest BCUT2D eigenvalue weighted by atomic mass is 10.0. The maximum atomic E-state index is 12.3. The number of hydrogen-bond acceptors (Lipinski definition) is 4. The summed E-state index contributed by atoms with van der Waals surface area (Å²) < 4.78 is 5.46. The SMILES string of the molecule is CC(CC(=O)NC1CCN(CC2CCOC2)CC1)NC(=O)C1CCCC1. The van der Waals surface area contributed by atoms with Crippen LogP contribution in [0.3, 0.4) is 0 Å². The maximum Gasteiger partial charge on any atom is 0.223 e. The van der Waals surface area contributed by atoms with Gasteiger partial charge in [0, 0.05) is 50.7 Å². The van der Waals surface area contributed by atoms with Crippen LogP contribution in [-0.2, 0) is 14.3 Å². The zero-order valence-corrected chi connectivity index (χ0v) is 16.2. The molecule has 1 aliphatic carbocycles. The summed E-state index contributed by atoms with van der Waals surface area (Å²) in [5.74, 6) is 1.04. The second-order valence-corrected chi connectivity index (χ2v) is 8.47. The van der Waals surface area contributed by atoms with Crippen molar-refractivity contribution in [3.63, 3.8) is 0 Å². The monoisotopic (exact) mass is 365 g/mol. The van der Waals surface area contributed by atoms with Crippen molar-refractivity contribution in [3.05, 3.63) is 0 Å². The van der Waals surface area contributed by atoms with Crippen molar-refractivity contribution in [3.8, 4) is 0 Å². The van der Waals surface area contributed by atoms with E-state index in [9.17, 15) is 9.59 Å². The van der Waals surface area contributed by atoms with E-state index in [-0.39, 0.29) is 29.8 Å². The van der Waals surface area contributed by atoms with Crippen LogP contribution in [0, 0.1) is 11.8 Å². The Bertz CT molecular complexity index is 465. The second-order valence-electron chi connectivity index (χ2n) is 8.47. The molecule has 0 aromatic heterocycles. The highest BCUT2D eigenvalue weighted by Gasteiger charge is 2.26. The van der Waals surface area contributed by atoms with Crippen LogP contribution in [0.4, 0.5) is 0 Å². The molecule has 2 aliphatic heterocycles. The van der Waals surface area contributed by atoms with Gasteiger partial charge in [-0.25, -0.2) is 0 Å². The molecule has 0 aromatic carbocycles. The third kappa shape index (κ3) is 5.95. The summed E-state index contributed by atoms with van der Waals surface area (Å²) in [4.78, 5) is 26.9. The highest BCUT2D eigenvalue weighted by Crippen LogP contribution is 2.24. The van der Waals surface area contributed by atoms with Crippen molar-refractivity contribution in [2.45, 2.75) is 70.4 Å². The van der Waals surface area contributed by atoms with Crippen molar-refractivity contribution >= 4 is 11.8 Å². The molecule has 3 rings (SSSR count). The fourth-order valence-electron chi connectivity index (χ4n) is 4.52. The first-order valence-electron chi connectivity index (χ1n) is 10.5. The van der Waals surface area contributed by atoms with E-state index in [4.69, 9.17) is 4.74 Å². The Morgan fingerprint density at radius 1 is 1.12 bits per heavy atom. The van der Waals surface area contributed by atoms with Crippen LogP contribution in [0.15, 0.2) is 0 Å². The number of rotatable bonds is 7. The molecule has 0 aromatic rings. The van der Waals surface area contributed by atoms with Crippen LogP contribution < -0.4 is 10.6 Å². The summed E-state index contributed by atoms with van der Waals surface area (Å²) >= 11 is 0. The summed E-state index contributed by atoms with van der Waals surface area (Å²) in [6, 6.07) is 0.182. The Kier molecular flexibility index (Phi) is 7.32. The Morgan fingerprint density at radius 2 is 1.85 bits per heavy atom. The summed E-state index contributed by atoms with van der Waals surface area (Å²) in [6.45, 7) is 6.97. The number of hydrogen-bond donors (Lipinski definition) is 2. The van der Waals surface area contributed by atoms with Crippen molar-refractivity contribution in [2.75, 3.05) is 32.8 Å². The molecule has 2 amide bonds. The minimum atomic E-state index is -0.0921. The number of likely N-dealkylation sites (tertiary alicyclic amines) is 1. The van der Waals surface area contributed by atoms with Crippen molar-refractivity contribution in [2.24, 2.45) is 11.8 Å². The Morgan fingerprint density at radius 3 is 2.50 bits per heavy atom. The van der Waals surface area contributed by atoms with Gasteiger partial charge in [0.15, 0.2) is 0 Å². The Balaban J connectivity index is 1.30. The molecule has 6 heteroatoms. The maximum absolute atomic E-state index is 12.3. The van der Waals surface area contributed by atoms with Gasteiger partial charge in [0.1, 0.15) is 0 Å². The zero-order valence-electron chi connectivity index (χ0n) is 16.2. The Labute approximate surface area is 157 Å². The molecular formula is C20H35N3O3. The standard InChI is InChI=1S/C20H35N3O3/c1-15(21-20(25)17-4-2-3-5-17)12-19(24)22-18-6-9-23(10-7-18)13-16-8-11-26-14-16/h15-18H,2-14H2,1H3,(H,21,25)(H,22,24). The first-order valence-corrected chi connectivity index (χ1v) is 10.5. The van der Waals surface area contributed by atoms with Gasteiger partial charge >= 0.3 is 0 Å². The number of piperidine rings is 1. The topological polar surface area (TPSA) is 70.7 Å². The molecule has 2 unspecified atom stereocenters. The van der Waals surface area contributed by atoms with Gasteiger partial charge in [0.25, 0.3) is 0 Å². The van der Waals surface area contributed by atoms with E-state index in [0.29, 0.717) is 12.3 Å². The lowest BCUT2D eigenvalue weighted by Gasteiger charge is -2.33. The molecule has 0 bridgehead atoms. The molecule has 1 saturated carbocycles. The summed E-state index contributed by atoms with van der Waals surface area (Å²) in [7, 11) is 0. The van der Waals surface area contributed by atoms with Crippen LogP contribution in [0.1, 0.15) is 58.3 Å². The molecule has 3 fully saturated rings. The molecular weight excluding hydrogens is 330 g/mol. The fraction of sp³-hybridized carbons (Fsp3) is 0.900. The van der Waals surface area contributed by atoms with Gasteiger partial charge in [-0.2, -0.15) is 0 Å². The average Bonchev–Trinajstić information content (AvgIpc) is 3.30. The van der Waals surface area contributed by atoms with E-state index in [2.05, 4.69) is 15.5 Å². The van der Waals surface area contributed by atoms with E-state index < -0.39 is 0 Å². The predicted molar refractivity (Wildman–Crippen MR) is 101 cm³/mol. The molecule has 2 atom stereocenters. The smallest absolute Gasteiger partial charge is 0.223 e. The first kappa shape index (κ1) is 19.6. The number of nitrogens with one attached hydrogen (secondary N) is 2. The summed E-state index contributed by atoms with van der Waals surface area (Å²) in [5.41, 5.74) is 0. The molecule has 0 radical (unpaired) electrons. The average molecular weight is 366 g/mol. The van der Waals surface area contributed by atoms with Crippen molar-refractivity contribution in [1.29, 1.82) is 0 Å². The van der Waals surface area contributed by atoms with Gasteiger partial charge in [0.05, 0.1) is 6.61 Å². The molecule has 0 spiro atoms. The number of carbonyl (C=O) groups excluding carboxylic acids is 2. The lowest BCUT2D eigenvalue weighted by molar-refractivity contribution is -0.126. The Hall–Kier alpha value is -1.14. The van der Waals surface area contributed by atoms with Gasteiger partial charge in [-0.15, -0.1) is 0 Å². The quantitative estimate of drug-likeness (QED) is 0.720. The van der Waals surface area contributed by atoms with Crippen LogP contribution >= 0.6 is 0 Å². The minimum Gasteiger partial charge on any atom is -0.381 e. The van der Waals surface area contributed by atoms with E-state index in [1.807, 2.05) is 6.92 Å². The fourth-order valence-corrected chi connectivity index (χ4v) is 4.52. The molecule has 2 saturated heterocycles. The van der Waals surface area contributed by atoms with Gasteiger partial charge in [0.2, 0.25) is 11.8 Å². The third-order valence-corrected chi connectivity index (χ3v) is 6.10. The van der Waals surface area contributed by atoms with Crippen molar-refractivity contribution in [1.82, 2.24) is 15.5 Å². The van der Waals surface area contributed by atoms with Crippen LogP contribution in [0.5, 0.6) is 0 Å². The molecule has 26 heavy (non-hydrogen) atoms. The molecule has 148 valence electrons. The molecule has 6 nitrogen and oxygen atoms in total. The second kappa shape index (κ2) is 9.70. The lowest BCUT2D eigenvalue weighted by Crippen LogP contribution is -2.47.